The lowest BCUT2D eigenvalue weighted by Crippen LogP contribution is -2.48. The SMILES string of the molecule is CC(C)(C)OC(=O)N1c2ccc(Cl)cc2C2CNCCC21. The summed E-state index contributed by atoms with van der Waals surface area (Å²) in [6, 6.07) is 5.91. The fraction of sp³-hybridized carbons (Fsp3) is 0.562. The van der Waals surface area contributed by atoms with E-state index in [9.17, 15) is 4.79 Å². The third-order valence-electron chi connectivity index (χ3n) is 4.02. The number of benzene rings is 1. The van der Waals surface area contributed by atoms with E-state index in [2.05, 4.69) is 5.32 Å². The monoisotopic (exact) mass is 308 g/mol. The minimum atomic E-state index is -0.491. The normalized spacial score (nSPS) is 24.5. The Labute approximate surface area is 130 Å². The van der Waals surface area contributed by atoms with E-state index in [0.717, 1.165) is 30.8 Å². The molecule has 1 aromatic rings. The van der Waals surface area contributed by atoms with Crippen molar-refractivity contribution in [2.75, 3.05) is 18.0 Å². The minimum absolute atomic E-state index is 0.162. The van der Waals surface area contributed by atoms with Gasteiger partial charge in [-0.05, 0) is 57.5 Å². The second-order valence-electron chi connectivity index (χ2n) is 6.72. The van der Waals surface area contributed by atoms with Crippen molar-refractivity contribution in [1.29, 1.82) is 0 Å². The maximum atomic E-state index is 12.6. The molecule has 21 heavy (non-hydrogen) atoms. The number of rotatable bonds is 0. The number of halogens is 1. The van der Waals surface area contributed by atoms with Gasteiger partial charge in [-0.15, -0.1) is 0 Å². The predicted molar refractivity (Wildman–Crippen MR) is 84.2 cm³/mol. The molecule has 0 aliphatic carbocycles. The smallest absolute Gasteiger partial charge is 0.415 e. The highest BCUT2D eigenvalue weighted by atomic mass is 35.5. The summed E-state index contributed by atoms with van der Waals surface area (Å²) < 4.78 is 5.59. The van der Waals surface area contributed by atoms with Crippen LogP contribution in [-0.2, 0) is 4.74 Å². The predicted octanol–water partition coefficient (Wildman–Crippen LogP) is 3.54. The molecule has 1 saturated heterocycles. The lowest BCUT2D eigenvalue weighted by molar-refractivity contribution is 0.0562. The summed E-state index contributed by atoms with van der Waals surface area (Å²) in [4.78, 5) is 14.4. The first-order valence-electron chi connectivity index (χ1n) is 7.39. The second kappa shape index (κ2) is 5.18. The third-order valence-corrected chi connectivity index (χ3v) is 4.25. The van der Waals surface area contributed by atoms with Crippen LogP contribution < -0.4 is 10.2 Å². The Morgan fingerprint density at radius 2 is 2.19 bits per heavy atom. The van der Waals surface area contributed by atoms with Gasteiger partial charge in [0.1, 0.15) is 5.60 Å². The molecule has 0 spiro atoms. The summed E-state index contributed by atoms with van der Waals surface area (Å²) >= 11 is 6.13. The molecule has 2 aliphatic heterocycles. The molecule has 4 nitrogen and oxygen atoms in total. The van der Waals surface area contributed by atoms with Crippen molar-refractivity contribution in [1.82, 2.24) is 5.32 Å². The number of ether oxygens (including phenoxy) is 1. The van der Waals surface area contributed by atoms with Gasteiger partial charge in [-0.2, -0.15) is 0 Å². The Balaban J connectivity index is 1.98. The van der Waals surface area contributed by atoms with Gasteiger partial charge in [0, 0.05) is 23.5 Å². The Kier molecular flexibility index (Phi) is 3.62. The van der Waals surface area contributed by atoms with E-state index in [4.69, 9.17) is 16.3 Å². The molecular formula is C16H21ClN2O2. The summed E-state index contributed by atoms with van der Waals surface area (Å²) in [6.07, 6.45) is 0.663. The molecule has 2 unspecified atom stereocenters. The number of piperidine rings is 1. The van der Waals surface area contributed by atoms with Crippen molar-refractivity contribution in [3.8, 4) is 0 Å². The van der Waals surface area contributed by atoms with Gasteiger partial charge in [-0.1, -0.05) is 11.6 Å². The summed E-state index contributed by atoms with van der Waals surface area (Å²) in [5.41, 5.74) is 1.59. The van der Waals surface area contributed by atoms with Gasteiger partial charge in [0.2, 0.25) is 0 Å². The van der Waals surface area contributed by atoms with Gasteiger partial charge < -0.3 is 10.1 Å². The molecule has 114 valence electrons. The molecule has 3 rings (SSSR count). The highest BCUT2D eigenvalue weighted by Crippen LogP contribution is 2.44. The summed E-state index contributed by atoms with van der Waals surface area (Å²) in [6.45, 7) is 7.47. The summed E-state index contributed by atoms with van der Waals surface area (Å²) in [5.74, 6) is 0.292. The van der Waals surface area contributed by atoms with Crippen molar-refractivity contribution >= 4 is 23.4 Å². The molecule has 0 radical (unpaired) electrons. The van der Waals surface area contributed by atoms with Crippen LogP contribution >= 0.6 is 11.6 Å². The van der Waals surface area contributed by atoms with Gasteiger partial charge in [0.15, 0.2) is 0 Å². The molecular weight excluding hydrogens is 288 g/mol. The molecule has 1 fully saturated rings. The molecule has 2 atom stereocenters. The van der Waals surface area contributed by atoms with Crippen LogP contribution in [0, 0.1) is 0 Å². The Morgan fingerprint density at radius 3 is 2.90 bits per heavy atom. The van der Waals surface area contributed by atoms with Crippen LogP contribution in [0.5, 0.6) is 0 Å². The highest BCUT2D eigenvalue weighted by molar-refractivity contribution is 6.30. The van der Waals surface area contributed by atoms with Crippen LogP contribution in [0.1, 0.15) is 38.7 Å². The number of anilines is 1. The number of carbonyl (C=O) groups excluding carboxylic acids is 1. The van der Waals surface area contributed by atoms with Crippen molar-refractivity contribution in [3.05, 3.63) is 28.8 Å². The molecule has 0 aromatic heterocycles. The largest absolute Gasteiger partial charge is 0.443 e. The van der Waals surface area contributed by atoms with Crippen LogP contribution in [0.25, 0.3) is 0 Å². The van der Waals surface area contributed by atoms with E-state index in [-0.39, 0.29) is 12.1 Å². The van der Waals surface area contributed by atoms with Crippen molar-refractivity contribution in [2.45, 2.75) is 44.8 Å². The van der Waals surface area contributed by atoms with E-state index < -0.39 is 5.60 Å². The lowest BCUT2D eigenvalue weighted by Gasteiger charge is -2.33. The van der Waals surface area contributed by atoms with E-state index in [1.165, 1.54) is 0 Å². The Morgan fingerprint density at radius 1 is 1.43 bits per heavy atom. The Hall–Kier alpha value is -1.26. The molecule has 5 heteroatoms. The number of amides is 1. The number of fused-ring (bicyclic) bond motifs is 3. The lowest BCUT2D eigenvalue weighted by atomic mass is 9.90. The van der Waals surface area contributed by atoms with Gasteiger partial charge in [-0.25, -0.2) is 4.79 Å². The standard InChI is InChI=1S/C16H21ClN2O2/c1-16(2,3)21-15(20)19-13-5-4-10(17)8-11(13)12-9-18-7-6-14(12)19/h4-5,8,12,14,18H,6-7,9H2,1-3H3. The molecule has 1 amide bonds. The molecule has 0 bridgehead atoms. The fourth-order valence-electron chi connectivity index (χ4n) is 3.24. The average Bonchev–Trinajstić information content (AvgIpc) is 2.71. The van der Waals surface area contributed by atoms with E-state index in [1.54, 1.807) is 0 Å². The number of nitrogens with one attached hydrogen (secondary N) is 1. The van der Waals surface area contributed by atoms with Crippen molar-refractivity contribution in [2.24, 2.45) is 0 Å². The molecule has 2 heterocycles. The first-order valence-corrected chi connectivity index (χ1v) is 7.77. The highest BCUT2D eigenvalue weighted by Gasteiger charge is 2.44. The van der Waals surface area contributed by atoms with Crippen LogP contribution in [0.4, 0.5) is 10.5 Å². The first kappa shape index (κ1) is 14.7. The fourth-order valence-corrected chi connectivity index (χ4v) is 3.42. The maximum absolute atomic E-state index is 12.6. The zero-order chi connectivity index (χ0) is 15.2. The number of hydrogen-bond donors (Lipinski definition) is 1. The van der Waals surface area contributed by atoms with Crippen LogP contribution in [0.15, 0.2) is 18.2 Å². The molecule has 1 N–H and O–H groups in total. The van der Waals surface area contributed by atoms with Crippen molar-refractivity contribution < 1.29 is 9.53 Å². The van der Waals surface area contributed by atoms with Crippen LogP contribution in [0.2, 0.25) is 5.02 Å². The molecule has 1 aromatic carbocycles. The summed E-state index contributed by atoms with van der Waals surface area (Å²) in [5, 5.41) is 4.11. The van der Waals surface area contributed by atoms with Crippen molar-refractivity contribution in [3.63, 3.8) is 0 Å². The zero-order valence-electron chi connectivity index (χ0n) is 12.6. The van der Waals surface area contributed by atoms with Gasteiger partial charge >= 0.3 is 6.09 Å². The van der Waals surface area contributed by atoms with Gasteiger partial charge in [-0.3, -0.25) is 4.90 Å². The van der Waals surface area contributed by atoms with E-state index in [0.29, 0.717) is 10.9 Å². The number of nitrogens with zero attached hydrogens (tertiary/aromatic N) is 1. The van der Waals surface area contributed by atoms with Crippen LogP contribution in [-0.4, -0.2) is 30.8 Å². The van der Waals surface area contributed by atoms with Crippen LogP contribution in [0.3, 0.4) is 0 Å². The van der Waals surface area contributed by atoms with E-state index >= 15 is 0 Å². The zero-order valence-corrected chi connectivity index (χ0v) is 13.4. The average molecular weight is 309 g/mol. The number of hydrogen-bond acceptors (Lipinski definition) is 3. The van der Waals surface area contributed by atoms with Gasteiger partial charge in [0.05, 0.1) is 5.69 Å². The number of carbonyl (C=O) groups is 1. The first-order chi connectivity index (χ1) is 9.87. The quantitative estimate of drug-likeness (QED) is 0.797. The maximum Gasteiger partial charge on any atom is 0.415 e. The molecule has 2 aliphatic rings. The summed E-state index contributed by atoms with van der Waals surface area (Å²) in [7, 11) is 0. The second-order valence-corrected chi connectivity index (χ2v) is 7.16. The molecule has 0 saturated carbocycles. The Bertz CT molecular complexity index is 568. The third kappa shape index (κ3) is 2.74. The minimum Gasteiger partial charge on any atom is -0.443 e. The van der Waals surface area contributed by atoms with E-state index in [1.807, 2.05) is 43.9 Å². The van der Waals surface area contributed by atoms with Gasteiger partial charge in [0.25, 0.3) is 0 Å². The topological polar surface area (TPSA) is 41.6 Å².